The van der Waals surface area contributed by atoms with Crippen molar-refractivity contribution in [1.82, 2.24) is 0 Å². The molecular formula is C28H56Na2O6S2. The quantitative estimate of drug-likeness (QED) is 0.0741. The van der Waals surface area contributed by atoms with Crippen LogP contribution in [0.15, 0.2) is 0 Å². The Hall–Kier alpha value is 1.82. The van der Waals surface area contributed by atoms with Crippen LogP contribution in [0.3, 0.4) is 0 Å². The Morgan fingerprint density at radius 2 is 0.368 bits per heavy atom. The van der Waals surface area contributed by atoms with E-state index in [0.29, 0.717) is 12.8 Å². The Balaban J connectivity index is -0.00000612. The second-order valence-electron chi connectivity index (χ2n) is 10.7. The topological polar surface area (TPSA) is 114 Å². The number of unbranched alkanes of at least 4 members (excludes halogenated alkanes) is 25. The molecule has 0 aliphatic heterocycles. The predicted octanol–water partition coefficient (Wildman–Crippen LogP) is 2.23. The molecule has 0 aromatic heterocycles. The third kappa shape index (κ3) is 42.3. The van der Waals surface area contributed by atoms with Gasteiger partial charge in [-0.2, -0.15) is 0 Å². The summed E-state index contributed by atoms with van der Waals surface area (Å²) in [7, 11) is -8.04. The van der Waals surface area contributed by atoms with Crippen LogP contribution in [0.1, 0.15) is 167 Å². The smallest absolute Gasteiger partial charge is 0.748 e. The molecule has 0 saturated carbocycles. The average Bonchev–Trinajstić information content (AvgIpc) is 2.79. The Morgan fingerprint density at radius 1 is 0.263 bits per heavy atom. The van der Waals surface area contributed by atoms with Crippen LogP contribution in [0.5, 0.6) is 0 Å². The monoisotopic (exact) mass is 598 g/mol. The molecule has 0 saturated heterocycles. The molecule has 10 heteroatoms. The standard InChI is InChI=1S/C28H58O6S2.2Na/c29-35(30,31)27-25-23-21-19-17-15-13-11-9-7-5-3-1-2-4-6-8-10-12-14-16-18-20-22-24-26-28-36(32,33)34;;/h1-28H2,(H,29,30,31)(H,32,33,34);;/q;2*+1/p-2. The fourth-order valence-corrected chi connectivity index (χ4v) is 5.92. The van der Waals surface area contributed by atoms with Crippen LogP contribution in [0.25, 0.3) is 0 Å². The molecule has 0 radical (unpaired) electrons. The molecule has 0 N–H and O–H groups in total. The Kier molecular flexibility index (Phi) is 37.0. The summed E-state index contributed by atoms with van der Waals surface area (Å²) in [6, 6.07) is 0. The molecule has 0 rings (SSSR count). The molecule has 6 nitrogen and oxygen atoms in total. The molecule has 0 atom stereocenters. The molecule has 0 amide bonds. The van der Waals surface area contributed by atoms with Gasteiger partial charge < -0.3 is 9.11 Å². The van der Waals surface area contributed by atoms with Gasteiger partial charge in [0.25, 0.3) is 0 Å². The van der Waals surface area contributed by atoms with Crippen molar-refractivity contribution in [3.8, 4) is 0 Å². The predicted molar refractivity (Wildman–Crippen MR) is 149 cm³/mol. The van der Waals surface area contributed by atoms with E-state index in [2.05, 4.69) is 0 Å². The summed E-state index contributed by atoms with van der Waals surface area (Å²) in [5.74, 6) is -0.410. The van der Waals surface area contributed by atoms with Gasteiger partial charge in [-0.3, -0.25) is 0 Å². The molecule has 0 fully saturated rings. The van der Waals surface area contributed by atoms with Gasteiger partial charge in [0.2, 0.25) is 0 Å². The first kappa shape index (κ1) is 44.3. The van der Waals surface area contributed by atoms with Crippen LogP contribution in [-0.4, -0.2) is 37.4 Å². The first-order valence-electron chi connectivity index (χ1n) is 15.1. The molecule has 0 heterocycles. The van der Waals surface area contributed by atoms with E-state index in [1.165, 1.54) is 116 Å². The molecule has 0 aliphatic rings. The van der Waals surface area contributed by atoms with Crippen LogP contribution in [0.2, 0.25) is 0 Å². The normalized spacial score (nSPS) is 11.7. The van der Waals surface area contributed by atoms with Crippen molar-refractivity contribution in [3.63, 3.8) is 0 Å². The van der Waals surface area contributed by atoms with Gasteiger partial charge >= 0.3 is 59.1 Å². The summed E-state index contributed by atoms with van der Waals surface area (Å²) in [4.78, 5) is 0. The van der Waals surface area contributed by atoms with Crippen molar-refractivity contribution >= 4 is 20.2 Å². The van der Waals surface area contributed by atoms with Crippen molar-refractivity contribution in [2.75, 3.05) is 11.5 Å². The average molecular weight is 599 g/mol. The molecule has 0 bridgehead atoms. The van der Waals surface area contributed by atoms with Gasteiger partial charge in [-0.25, -0.2) is 16.8 Å². The molecule has 0 aromatic carbocycles. The summed E-state index contributed by atoms with van der Waals surface area (Å²) in [6.07, 6.45) is 31.2. The van der Waals surface area contributed by atoms with Crippen molar-refractivity contribution in [3.05, 3.63) is 0 Å². The van der Waals surface area contributed by atoms with E-state index in [1.54, 1.807) is 0 Å². The van der Waals surface area contributed by atoms with Gasteiger partial charge in [0.05, 0.1) is 20.2 Å². The zero-order valence-electron chi connectivity index (χ0n) is 25.1. The molecule has 0 aromatic rings. The van der Waals surface area contributed by atoms with Gasteiger partial charge in [0, 0.05) is 11.5 Å². The summed E-state index contributed by atoms with van der Waals surface area (Å²) >= 11 is 0. The first-order valence-corrected chi connectivity index (χ1v) is 18.2. The molecule has 38 heavy (non-hydrogen) atoms. The molecule has 0 spiro atoms. The second kappa shape index (κ2) is 31.7. The minimum atomic E-state index is -4.02. The number of hydrogen-bond donors (Lipinski definition) is 0. The Bertz CT molecular complexity index is 615. The molecule has 0 aliphatic carbocycles. The van der Waals surface area contributed by atoms with Crippen LogP contribution in [0, 0.1) is 0 Å². The van der Waals surface area contributed by atoms with Crippen molar-refractivity contribution in [1.29, 1.82) is 0 Å². The van der Waals surface area contributed by atoms with E-state index < -0.39 is 20.2 Å². The van der Waals surface area contributed by atoms with Crippen molar-refractivity contribution < 1.29 is 85.1 Å². The molecular weight excluding hydrogens is 542 g/mol. The minimum absolute atomic E-state index is 0. The Morgan fingerprint density at radius 3 is 0.474 bits per heavy atom. The van der Waals surface area contributed by atoms with Crippen LogP contribution < -0.4 is 59.1 Å². The van der Waals surface area contributed by atoms with Gasteiger partial charge in [-0.05, 0) is 12.8 Å². The zero-order valence-corrected chi connectivity index (χ0v) is 30.7. The van der Waals surface area contributed by atoms with E-state index in [1.807, 2.05) is 0 Å². The van der Waals surface area contributed by atoms with Gasteiger partial charge in [0.15, 0.2) is 0 Å². The van der Waals surface area contributed by atoms with E-state index in [0.717, 1.165) is 38.5 Å². The molecule has 218 valence electrons. The maximum absolute atomic E-state index is 10.5. The third-order valence-electron chi connectivity index (χ3n) is 7.04. The number of rotatable bonds is 29. The summed E-state index contributed by atoms with van der Waals surface area (Å²) in [5.41, 5.74) is 0. The van der Waals surface area contributed by atoms with Gasteiger partial charge in [-0.1, -0.05) is 154 Å². The van der Waals surface area contributed by atoms with E-state index >= 15 is 0 Å². The summed E-state index contributed by atoms with van der Waals surface area (Å²) in [6.45, 7) is 0. The maximum Gasteiger partial charge on any atom is 1.00 e. The zero-order chi connectivity index (χ0) is 26.8. The Labute approximate surface area is 281 Å². The van der Waals surface area contributed by atoms with E-state index in [-0.39, 0.29) is 70.6 Å². The van der Waals surface area contributed by atoms with Crippen molar-refractivity contribution in [2.45, 2.75) is 167 Å². The fraction of sp³-hybridized carbons (Fsp3) is 1.00. The van der Waals surface area contributed by atoms with Crippen LogP contribution in [-0.2, 0) is 20.2 Å². The van der Waals surface area contributed by atoms with Crippen molar-refractivity contribution in [2.24, 2.45) is 0 Å². The fourth-order valence-electron chi connectivity index (χ4n) is 4.80. The van der Waals surface area contributed by atoms with Crippen LogP contribution in [0.4, 0.5) is 0 Å². The maximum atomic E-state index is 10.5. The van der Waals surface area contributed by atoms with Crippen LogP contribution >= 0.6 is 0 Å². The second-order valence-corrected chi connectivity index (χ2v) is 13.8. The first-order chi connectivity index (χ1) is 17.2. The largest absolute Gasteiger partial charge is 1.00 e. The number of hydrogen-bond acceptors (Lipinski definition) is 6. The van der Waals surface area contributed by atoms with Gasteiger partial charge in [-0.15, -0.1) is 0 Å². The van der Waals surface area contributed by atoms with E-state index in [9.17, 15) is 25.9 Å². The molecule has 0 unspecified atom stereocenters. The van der Waals surface area contributed by atoms with Gasteiger partial charge in [0.1, 0.15) is 0 Å². The summed E-state index contributed by atoms with van der Waals surface area (Å²) < 4.78 is 63.1. The van der Waals surface area contributed by atoms with E-state index in [4.69, 9.17) is 0 Å². The SMILES string of the molecule is O=S(=O)([O-])CCCCCCCCCCCCCCCCCCCCCCCCCCCCS(=O)(=O)[O-].[Na+].[Na+]. The summed E-state index contributed by atoms with van der Waals surface area (Å²) in [5, 5.41) is 0. The third-order valence-corrected chi connectivity index (χ3v) is 8.62. The minimum Gasteiger partial charge on any atom is -0.748 e.